The molecule has 7 heteroatoms. The predicted molar refractivity (Wildman–Crippen MR) is 59.1 cm³/mol. The number of halogens is 4. The van der Waals surface area contributed by atoms with Crippen LogP contribution in [0, 0.1) is 0 Å². The van der Waals surface area contributed by atoms with E-state index in [4.69, 9.17) is 0 Å². The summed E-state index contributed by atoms with van der Waals surface area (Å²) in [6.45, 7) is 0. The first-order valence-electron chi connectivity index (χ1n) is 5.46. The molecule has 1 aromatic rings. The van der Waals surface area contributed by atoms with E-state index in [0.717, 1.165) is 23.3 Å². The van der Waals surface area contributed by atoms with Crippen LogP contribution in [0.15, 0.2) is 11.4 Å². The average Bonchev–Trinajstić information content (AvgIpc) is 2.77. The van der Waals surface area contributed by atoms with E-state index in [2.05, 4.69) is 0 Å². The first-order valence-corrected chi connectivity index (χ1v) is 6.34. The summed E-state index contributed by atoms with van der Waals surface area (Å²) >= 11 is 1.48. The number of hydrogen-bond donors (Lipinski definition) is 1. The van der Waals surface area contributed by atoms with Crippen molar-refractivity contribution in [2.24, 2.45) is 0 Å². The van der Waals surface area contributed by atoms with Gasteiger partial charge in [0.05, 0.1) is 6.04 Å². The van der Waals surface area contributed by atoms with Gasteiger partial charge in [-0.3, -0.25) is 4.79 Å². The van der Waals surface area contributed by atoms with Crippen LogP contribution in [0.25, 0.3) is 0 Å². The van der Waals surface area contributed by atoms with Gasteiger partial charge in [-0.25, -0.2) is 8.78 Å². The number of amides is 1. The van der Waals surface area contributed by atoms with Crippen molar-refractivity contribution in [3.8, 4) is 0 Å². The molecule has 1 unspecified atom stereocenters. The molecule has 0 spiro atoms. The summed E-state index contributed by atoms with van der Waals surface area (Å²) in [6, 6.07) is 1.15. The van der Waals surface area contributed by atoms with Gasteiger partial charge in [0.1, 0.15) is 0 Å². The van der Waals surface area contributed by atoms with Crippen LogP contribution in [-0.4, -0.2) is 18.3 Å². The lowest BCUT2D eigenvalue weighted by molar-refractivity contribution is -0.170. The lowest BCUT2D eigenvalue weighted by Crippen LogP contribution is -2.46. The summed E-state index contributed by atoms with van der Waals surface area (Å²) in [5, 5.41) is 3.83. The first-order chi connectivity index (χ1) is 8.43. The third-order valence-electron chi connectivity index (χ3n) is 2.93. The van der Waals surface area contributed by atoms with E-state index in [1.54, 1.807) is 11.4 Å². The van der Waals surface area contributed by atoms with Crippen LogP contribution in [0.5, 0.6) is 0 Å². The van der Waals surface area contributed by atoms with Gasteiger partial charge in [0.2, 0.25) is 0 Å². The minimum atomic E-state index is -4.63. The van der Waals surface area contributed by atoms with Crippen molar-refractivity contribution < 1.29 is 22.4 Å². The van der Waals surface area contributed by atoms with Crippen LogP contribution in [0.4, 0.5) is 17.6 Å². The van der Waals surface area contributed by atoms with E-state index >= 15 is 0 Å². The summed E-state index contributed by atoms with van der Waals surface area (Å²) in [7, 11) is 0. The highest BCUT2D eigenvalue weighted by molar-refractivity contribution is 7.10. The standard InChI is InChI=1S/C11H11F4NOS/c12-9(13)11(14,15)10(17)16-7-2-1-3-8-6(7)4-5-18-8/h4-5,7,9H,1-3H2,(H,16,17). The second-order valence-electron chi connectivity index (χ2n) is 4.14. The number of aryl methyl sites for hydroxylation is 1. The van der Waals surface area contributed by atoms with Crippen molar-refractivity contribution in [2.45, 2.75) is 37.7 Å². The number of fused-ring (bicyclic) bond motifs is 1. The van der Waals surface area contributed by atoms with E-state index in [9.17, 15) is 22.4 Å². The maximum atomic E-state index is 12.8. The Balaban J connectivity index is 2.10. The Bertz CT molecular complexity index is 446. The number of rotatable bonds is 3. The maximum Gasteiger partial charge on any atom is 0.383 e. The fourth-order valence-corrected chi connectivity index (χ4v) is 2.98. The van der Waals surface area contributed by atoms with Gasteiger partial charge in [-0.2, -0.15) is 8.78 Å². The van der Waals surface area contributed by atoms with E-state index < -0.39 is 24.3 Å². The molecule has 0 radical (unpaired) electrons. The third kappa shape index (κ3) is 2.36. The summed E-state index contributed by atoms with van der Waals surface area (Å²) < 4.78 is 49.8. The van der Waals surface area contributed by atoms with Gasteiger partial charge in [0.15, 0.2) is 0 Å². The smallest absolute Gasteiger partial charge is 0.344 e. The number of alkyl halides is 4. The zero-order valence-corrected chi connectivity index (χ0v) is 10.1. The van der Waals surface area contributed by atoms with Crippen LogP contribution >= 0.6 is 11.3 Å². The van der Waals surface area contributed by atoms with Crippen LogP contribution in [0.3, 0.4) is 0 Å². The molecule has 0 bridgehead atoms. The van der Waals surface area contributed by atoms with E-state index in [1.807, 2.05) is 5.32 Å². The van der Waals surface area contributed by atoms with Gasteiger partial charge in [-0.1, -0.05) is 0 Å². The molecule has 0 aliphatic heterocycles. The van der Waals surface area contributed by atoms with Crippen molar-refractivity contribution in [3.05, 3.63) is 21.9 Å². The largest absolute Gasteiger partial charge is 0.383 e. The van der Waals surface area contributed by atoms with Gasteiger partial charge in [-0.15, -0.1) is 11.3 Å². The van der Waals surface area contributed by atoms with Crippen LogP contribution in [-0.2, 0) is 11.2 Å². The van der Waals surface area contributed by atoms with Crippen molar-refractivity contribution >= 4 is 17.2 Å². The molecule has 1 amide bonds. The molecule has 0 saturated heterocycles. The van der Waals surface area contributed by atoms with Crippen molar-refractivity contribution in [1.29, 1.82) is 0 Å². The zero-order valence-electron chi connectivity index (χ0n) is 9.26. The highest BCUT2D eigenvalue weighted by atomic mass is 32.1. The molecule has 100 valence electrons. The SMILES string of the molecule is O=C(NC1CCCc2sccc21)C(F)(F)C(F)F. The van der Waals surface area contributed by atoms with Gasteiger partial charge in [-0.05, 0) is 36.3 Å². The molecular formula is C11H11F4NOS. The number of carbonyl (C=O) groups is 1. The molecule has 1 atom stereocenters. The number of hydrogen-bond acceptors (Lipinski definition) is 2. The van der Waals surface area contributed by atoms with Gasteiger partial charge in [0.25, 0.3) is 5.91 Å². The Labute approximate surface area is 105 Å². The summed E-state index contributed by atoms with van der Waals surface area (Å²) in [4.78, 5) is 12.2. The molecule has 0 fully saturated rings. The molecule has 1 heterocycles. The molecule has 2 nitrogen and oxygen atoms in total. The summed E-state index contributed by atoms with van der Waals surface area (Å²) in [5.74, 6) is -6.53. The minimum absolute atomic E-state index is 0.495. The second kappa shape index (κ2) is 4.87. The molecule has 0 saturated carbocycles. The Morgan fingerprint density at radius 3 is 2.89 bits per heavy atom. The molecule has 1 aliphatic rings. The third-order valence-corrected chi connectivity index (χ3v) is 3.93. The quantitative estimate of drug-likeness (QED) is 0.847. The summed E-state index contributed by atoms with van der Waals surface area (Å²) in [5.41, 5.74) is 0.768. The Kier molecular flexibility index (Phi) is 3.61. The highest BCUT2D eigenvalue weighted by Crippen LogP contribution is 2.34. The number of thiophene rings is 1. The molecule has 1 aromatic heterocycles. The Morgan fingerprint density at radius 1 is 1.50 bits per heavy atom. The molecule has 18 heavy (non-hydrogen) atoms. The van der Waals surface area contributed by atoms with Crippen molar-refractivity contribution in [1.82, 2.24) is 5.32 Å². The van der Waals surface area contributed by atoms with Gasteiger partial charge < -0.3 is 5.32 Å². The Morgan fingerprint density at radius 2 is 2.22 bits per heavy atom. The fraction of sp³-hybridized carbons (Fsp3) is 0.545. The normalized spacial score (nSPS) is 19.7. The van der Waals surface area contributed by atoms with Gasteiger partial charge in [0, 0.05) is 4.88 Å². The number of carbonyl (C=O) groups excluding carboxylic acids is 1. The molecule has 2 rings (SSSR count). The molecule has 1 N–H and O–H groups in total. The maximum absolute atomic E-state index is 12.8. The first kappa shape index (κ1) is 13.3. The molecule has 1 aliphatic carbocycles. The molecular weight excluding hydrogens is 270 g/mol. The van der Waals surface area contributed by atoms with Crippen molar-refractivity contribution in [2.75, 3.05) is 0 Å². The van der Waals surface area contributed by atoms with Crippen molar-refractivity contribution in [3.63, 3.8) is 0 Å². The highest BCUT2D eigenvalue weighted by Gasteiger charge is 2.49. The van der Waals surface area contributed by atoms with Crippen LogP contribution in [0.1, 0.15) is 29.3 Å². The minimum Gasteiger partial charge on any atom is -0.344 e. The Hall–Kier alpha value is -1.11. The fourth-order valence-electron chi connectivity index (χ4n) is 1.99. The summed E-state index contributed by atoms with van der Waals surface area (Å²) in [6.07, 6.45) is -1.90. The topological polar surface area (TPSA) is 29.1 Å². The molecule has 0 aromatic carbocycles. The van der Waals surface area contributed by atoms with E-state index in [1.165, 1.54) is 11.3 Å². The average molecular weight is 281 g/mol. The second-order valence-corrected chi connectivity index (χ2v) is 5.14. The monoisotopic (exact) mass is 281 g/mol. The van der Waals surface area contributed by atoms with E-state index in [-0.39, 0.29) is 0 Å². The zero-order chi connectivity index (χ0) is 13.3. The van der Waals surface area contributed by atoms with Crippen LogP contribution in [0.2, 0.25) is 0 Å². The predicted octanol–water partition coefficient (Wildman–Crippen LogP) is 3.14. The lowest BCUT2D eigenvalue weighted by atomic mass is 9.94. The van der Waals surface area contributed by atoms with Crippen LogP contribution < -0.4 is 5.32 Å². The van der Waals surface area contributed by atoms with Gasteiger partial charge >= 0.3 is 12.3 Å². The lowest BCUT2D eigenvalue weighted by Gasteiger charge is -2.25. The van der Waals surface area contributed by atoms with E-state index in [0.29, 0.717) is 6.42 Å². The number of nitrogens with one attached hydrogen (secondary N) is 1.